The molecular formula is C5H12N2. The molecule has 0 amide bonds. The van der Waals surface area contributed by atoms with E-state index in [0.717, 1.165) is 6.54 Å². The maximum absolute atomic E-state index is 3.13. The van der Waals surface area contributed by atoms with Gasteiger partial charge in [-0.2, -0.15) is 0 Å². The monoisotopic (exact) mass is 100 g/mol. The summed E-state index contributed by atoms with van der Waals surface area (Å²) in [6.45, 7) is 3.32. The van der Waals surface area contributed by atoms with E-state index in [0.29, 0.717) is 6.04 Å². The van der Waals surface area contributed by atoms with Crippen molar-refractivity contribution in [2.45, 2.75) is 25.8 Å². The summed E-state index contributed by atoms with van der Waals surface area (Å²) in [4.78, 5) is 0. The molecule has 1 saturated heterocycles. The number of rotatable bonds is 0. The highest BCUT2D eigenvalue weighted by Crippen LogP contribution is 1.96. The fraction of sp³-hybridized carbons (Fsp3) is 1.00. The first kappa shape index (κ1) is 5.06. The molecule has 42 valence electrons. The molecule has 2 nitrogen and oxygen atoms in total. The predicted octanol–water partition coefficient (Wildman–Crippen LogP) is 0.263. The summed E-state index contributed by atoms with van der Waals surface area (Å²) in [6.07, 6.45) is 2.63. The van der Waals surface area contributed by atoms with Crippen LogP contribution in [0.3, 0.4) is 0 Å². The second kappa shape index (κ2) is 2.28. The van der Waals surface area contributed by atoms with Gasteiger partial charge in [-0.3, -0.25) is 10.9 Å². The summed E-state index contributed by atoms with van der Waals surface area (Å²) in [6, 6.07) is 0.675. The molecule has 1 atom stereocenters. The maximum atomic E-state index is 3.13. The Labute approximate surface area is 44.3 Å². The standard InChI is InChI=1S/C5H12N2/c1-5-3-2-4-6-7-5/h5-7H,2-4H2,1H3/t5-/m1/s1. The van der Waals surface area contributed by atoms with E-state index in [2.05, 4.69) is 17.8 Å². The Morgan fingerprint density at radius 2 is 2.43 bits per heavy atom. The molecule has 7 heavy (non-hydrogen) atoms. The van der Waals surface area contributed by atoms with Crippen LogP contribution in [0, 0.1) is 0 Å². The summed E-state index contributed by atoms with van der Waals surface area (Å²) in [7, 11) is 0. The zero-order valence-corrected chi connectivity index (χ0v) is 4.70. The first-order valence-electron chi connectivity index (χ1n) is 2.88. The molecule has 1 aliphatic heterocycles. The highest BCUT2D eigenvalue weighted by atomic mass is 15.4. The summed E-state index contributed by atoms with van der Waals surface area (Å²) in [5.74, 6) is 0. The minimum atomic E-state index is 0.675. The van der Waals surface area contributed by atoms with Crippen molar-refractivity contribution in [2.75, 3.05) is 6.54 Å². The average Bonchev–Trinajstić information content (AvgIpc) is 1.69. The Morgan fingerprint density at radius 3 is 2.71 bits per heavy atom. The Kier molecular flexibility index (Phi) is 1.65. The fourth-order valence-electron chi connectivity index (χ4n) is 0.815. The van der Waals surface area contributed by atoms with Crippen molar-refractivity contribution in [1.82, 2.24) is 10.9 Å². The van der Waals surface area contributed by atoms with Crippen LogP contribution in [0.5, 0.6) is 0 Å². The third-order valence-electron chi connectivity index (χ3n) is 1.29. The van der Waals surface area contributed by atoms with Gasteiger partial charge in [0, 0.05) is 12.6 Å². The lowest BCUT2D eigenvalue weighted by Gasteiger charge is -2.19. The largest absolute Gasteiger partial charge is 0.258 e. The first-order valence-corrected chi connectivity index (χ1v) is 2.88. The fourth-order valence-corrected chi connectivity index (χ4v) is 0.815. The smallest absolute Gasteiger partial charge is 0.0185 e. The minimum Gasteiger partial charge on any atom is -0.258 e. The molecule has 2 N–H and O–H groups in total. The summed E-state index contributed by atoms with van der Waals surface area (Å²) in [5, 5.41) is 0. The molecule has 0 saturated carbocycles. The normalized spacial score (nSPS) is 33.0. The minimum absolute atomic E-state index is 0.675. The van der Waals surface area contributed by atoms with Gasteiger partial charge in [-0.15, -0.1) is 0 Å². The Balaban J connectivity index is 2.12. The lowest BCUT2D eigenvalue weighted by Crippen LogP contribution is -2.43. The van der Waals surface area contributed by atoms with Crippen molar-refractivity contribution in [3.63, 3.8) is 0 Å². The van der Waals surface area contributed by atoms with Crippen LogP contribution in [-0.2, 0) is 0 Å². The molecular weight excluding hydrogens is 88.1 g/mol. The molecule has 0 bridgehead atoms. The van der Waals surface area contributed by atoms with E-state index in [-0.39, 0.29) is 0 Å². The van der Waals surface area contributed by atoms with Gasteiger partial charge in [0.2, 0.25) is 0 Å². The van der Waals surface area contributed by atoms with Crippen molar-refractivity contribution in [1.29, 1.82) is 0 Å². The van der Waals surface area contributed by atoms with Gasteiger partial charge in [0.25, 0.3) is 0 Å². The third-order valence-corrected chi connectivity index (χ3v) is 1.29. The van der Waals surface area contributed by atoms with Crippen molar-refractivity contribution < 1.29 is 0 Å². The van der Waals surface area contributed by atoms with Crippen LogP contribution < -0.4 is 10.9 Å². The van der Waals surface area contributed by atoms with Crippen LogP contribution in [0.1, 0.15) is 19.8 Å². The molecule has 0 aromatic rings. The SMILES string of the molecule is C[C@@H]1CCCNN1. The van der Waals surface area contributed by atoms with Gasteiger partial charge in [-0.05, 0) is 19.8 Å². The molecule has 1 fully saturated rings. The zero-order valence-electron chi connectivity index (χ0n) is 4.70. The Morgan fingerprint density at radius 1 is 1.57 bits per heavy atom. The van der Waals surface area contributed by atoms with E-state index in [1.165, 1.54) is 12.8 Å². The second-order valence-corrected chi connectivity index (χ2v) is 2.11. The number of hydrogen-bond donors (Lipinski definition) is 2. The molecule has 0 radical (unpaired) electrons. The van der Waals surface area contributed by atoms with Crippen LogP contribution >= 0.6 is 0 Å². The molecule has 1 heterocycles. The van der Waals surface area contributed by atoms with E-state index < -0.39 is 0 Å². The third kappa shape index (κ3) is 1.45. The molecule has 0 aromatic heterocycles. The maximum Gasteiger partial charge on any atom is 0.0185 e. The van der Waals surface area contributed by atoms with Crippen LogP contribution in [0.15, 0.2) is 0 Å². The van der Waals surface area contributed by atoms with Crippen LogP contribution in [-0.4, -0.2) is 12.6 Å². The van der Waals surface area contributed by atoms with E-state index in [1.807, 2.05) is 0 Å². The molecule has 1 aliphatic rings. The van der Waals surface area contributed by atoms with Crippen molar-refractivity contribution in [2.24, 2.45) is 0 Å². The molecule has 0 aliphatic carbocycles. The average molecular weight is 100 g/mol. The summed E-state index contributed by atoms with van der Waals surface area (Å²) < 4.78 is 0. The molecule has 0 unspecified atom stereocenters. The second-order valence-electron chi connectivity index (χ2n) is 2.11. The summed E-state index contributed by atoms with van der Waals surface area (Å²) >= 11 is 0. The number of nitrogens with one attached hydrogen (secondary N) is 2. The van der Waals surface area contributed by atoms with Gasteiger partial charge in [0.1, 0.15) is 0 Å². The number of hydrogen-bond acceptors (Lipinski definition) is 2. The summed E-state index contributed by atoms with van der Waals surface area (Å²) in [5.41, 5.74) is 6.22. The number of hydrazine groups is 1. The lowest BCUT2D eigenvalue weighted by atomic mass is 10.2. The highest BCUT2D eigenvalue weighted by molar-refractivity contribution is 4.62. The first-order chi connectivity index (χ1) is 3.39. The van der Waals surface area contributed by atoms with Crippen molar-refractivity contribution >= 4 is 0 Å². The van der Waals surface area contributed by atoms with Crippen LogP contribution in [0.25, 0.3) is 0 Å². The van der Waals surface area contributed by atoms with E-state index in [1.54, 1.807) is 0 Å². The van der Waals surface area contributed by atoms with Crippen molar-refractivity contribution in [3.05, 3.63) is 0 Å². The van der Waals surface area contributed by atoms with Crippen LogP contribution in [0.4, 0.5) is 0 Å². The molecule has 0 aromatic carbocycles. The molecule has 1 rings (SSSR count). The lowest BCUT2D eigenvalue weighted by molar-refractivity contribution is 0.362. The van der Waals surface area contributed by atoms with Gasteiger partial charge >= 0.3 is 0 Å². The van der Waals surface area contributed by atoms with Gasteiger partial charge in [0.15, 0.2) is 0 Å². The Bertz CT molecular complexity index is 48.0. The van der Waals surface area contributed by atoms with Gasteiger partial charge < -0.3 is 0 Å². The molecule has 0 spiro atoms. The topological polar surface area (TPSA) is 24.1 Å². The zero-order chi connectivity index (χ0) is 5.11. The quantitative estimate of drug-likeness (QED) is 0.456. The van der Waals surface area contributed by atoms with E-state index >= 15 is 0 Å². The van der Waals surface area contributed by atoms with Crippen LogP contribution in [0.2, 0.25) is 0 Å². The van der Waals surface area contributed by atoms with Crippen molar-refractivity contribution in [3.8, 4) is 0 Å². The highest BCUT2D eigenvalue weighted by Gasteiger charge is 2.03. The van der Waals surface area contributed by atoms with E-state index in [4.69, 9.17) is 0 Å². The van der Waals surface area contributed by atoms with E-state index in [9.17, 15) is 0 Å². The predicted molar refractivity (Wildman–Crippen MR) is 29.8 cm³/mol. The van der Waals surface area contributed by atoms with Gasteiger partial charge in [-0.25, -0.2) is 0 Å². The van der Waals surface area contributed by atoms with Gasteiger partial charge in [-0.1, -0.05) is 0 Å². The molecule has 2 heteroatoms. The van der Waals surface area contributed by atoms with Gasteiger partial charge in [0.05, 0.1) is 0 Å². The Hall–Kier alpha value is -0.0800.